The first kappa shape index (κ1) is 46.2. The highest BCUT2D eigenvalue weighted by atomic mass is 32.2. The number of likely N-dealkylation sites (tertiary alicyclic amines) is 1. The van der Waals surface area contributed by atoms with Crippen LogP contribution < -0.4 is 37.2 Å². The first-order chi connectivity index (χ1) is 28.1. The number of fused-ring (bicyclic) bond motifs is 1. The number of pyridine rings is 1. The van der Waals surface area contributed by atoms with Gasteiger partial charge in [-0.3, -0.25) is 33.8 Å². The molecule has 0 aromatic carbocycles. The maximum atomic E-state index is 13.1. The first-order valence-corrected chi connectivity index (χ1v) is 22.1. The number of nitrogens with one attached hydrogen (secondary N) is 7. The van der Waals surface area contributed by atoms with Crippen molar-refractivity contribution in [2.24, 2.45) is 0 Å². The van der Waals surface area contributed by atoms with Gasteiger partial charge < -0.3 is 47.2 Å². The van der Waals surface area contributed by atoms with Crippen LogP contribution in [0.1, 0.15) is 114 Å². The average molecular weight is 830 g/mol. The third kappa shape index (κ3) is 16.8. The van der Waals surface area contributed by atoms with Crippen LogP contribution >= 0.6 is 11.8 Å². The van der Waals surface area contributed by atoms with E-state index in [1.807, 2.05) is 11.8 Å². The molecule has 0 aliphatic carbocycles. The number of aromatic nitrogens is 1. The molecule has 18 heteroatoms. The first-order valence-electron chi connectivity index (χ1n) is 21.0. The summed E-state index contributed by atoms with van der Waals surface area (Å²) in [5, 5.41) is 31.3. The number of nitrogens with zero attached hydrogens (tertiary/aromatic N) is 2. The minimum atomic E-state index is -1.19. The summed E-state index contributed by atoms with van der Waals surface area (Å²) in [5.41, 5.74) is 0.508. The van der Waals surface area contributed by atoms with Gasteiger partial charge in [0.2, 0.25) is 35.4 Å². The van der Waals surface area contributed by atoms with E-state index >= 15 is 0 Å². The van der Waals surface area contributed by atoms with Crippen LogP contribution in [0.5, 0.6) is 0 Å². The Kier molecular flexibility index (Phi) is 20.6. The molecular formula is C40H63N9O8S. The van der Waals surface area contributed by atoms with Crippen LogP contribution in [0.15, 0.2) is 24.5 Å². The highest BCUT2D eigenvalue weighted by Crippen LogP contribution is 2.33. The topological polar surface area (TPSA) is 240 Å². The lowest BCUT2D eigenvalue weighted by Crippen LogP contribution is -2.51. The number of aliphatic hydroxyl groups is 1. The zero-order valence-electron chi connectivity index (χ0n) is 33.6. The van der Waals surface area contributed by atoms with Crippen LogP contribution in [0.2, 0.25) is 0 Å². The molecule has 3 fully saturated rings. The second-order valence-corrected chi connectivity index (χ2v) is 16.5. The molecule has 0 spiro atoms. The fraction of sp³-hybridized carbons (Fsp3) is 0.700. The van der Waals surface area contributed by atoms with Crippen LogP contribution in [-0.4, -0.2) is 125 Å². The van der Waals surface area contributed by atoms with E-state index in [4.69, 9.17) is 0 Å². The van der Waals surface area contributed by atoms with E-state index in [1.54, 1.807) is 17.0 Å². The number of thioether (sulfide) groups is 1. The Morgan fingerprint density at radius 2 is 1.22 bits per heavy atom. The van der Waals surface area contributed by atoms with Gasteiger partial charge in [-0.25, -0.2) is 4.79 Å². The second-order valence-electron chi connectivity index (χ2n) is 15.2. The fourth-order valence-corrected chi connectivity index (χ4v) is 8.83. The van der Waals surface area contributed by atoms with Crippen molar-refractivity contribution in [3.8, 4) is 0 Å². The maximum absolute atomic E-state index is 13.1. The molecule has 4 heterocycles. The molecule has 3 aliphatic rings. The van der Waals surface area contributed by atoms with E-state index in [2.05, 4.69) is 42.2 Å². The molecule has 0 saturated carbocycles. The Balaban J connectivity index is 0.914. The van der Waals surface area contributed by atoms with Crippen molar-refractivity contribution < 1.29 is 38.7 Å². The number of unbranched alkanes of at least 4 members (excludes halogenated alkanes) is 3. The Morgan fingerprint density at radius 3 is 1.81 bits per heavy atom. The van der Waals surface area contributed by atoms with Crippen LogP contribution in [0.3, 0.4) is 0 Å². The van der Waals surface area contributed by atoms with Gasteiger partial charge in [0.25, 0.3) is 0 Å². The lowest BCUT2D eigenvalue weighted by molar-refractivity contribution is -0.139. The molecule has 1 aromatic heterocycles. The lowest BCUT2D eigenvalue weighted by atomic mass is 10.0. The molecule has 8 N–H and O–H groups in total. The van der Waals surface area contributed by atoms with Crippen LogP contribution in [0, 0.1) is 0 Å². The molecule has 17 nitrogen and oxygen atoms in total. The SMILES string of the molecule is O=C(CCCC[C@@H]1SCC2NC(=O)NC21)NCCCC(=O)NCCCC(=O)NCCCC(=O)NCCCCCC(=O)N[C@@H](C(=O)N1CCCC1)[C@@H](O)c1ccncc1. The summed E-state index contributed by atoms with van der Waals surface area (Å²) in [6, 6.07) is 2.48. The smallest absolute Gasteiger partial charge is 0.315 e. The Bertz CT molecular complexity index is 1500. The predicted molar refractivity (Wildman–Crippen MR) is 219 cm³/mol. The fourth-order valence-electron chi connectivity index (χ4n) is 7.28. The number of rotatable bonds is 27. The van der Waals surface area contributed by atoms with Gasteiger partial charge in [-0.1, -0.05) is 12.8 Å². The number of hydrogen-bond acceptors (Lipinski definition) is 10. The van der Waals surface area contributed by atoms with Gasteiger partial charge in [0.1, 0.15) is 12.1 Å². The molecule has 1 aromatic rings. The molecule has 322 valence electrons. The van der Waals surface area contributed by atoms with Crippen molar-refractivity contribution in [1.82, 2.24) is 47.1 Å². The Labute approximate surface area is 345 Å². The van der Waals surface area contributed by atoms with Crippen molar-refractivity contribution in [3.05, 3.63) is 30.1 Å². The summed E-state index contributed by atoms with van der Waals surface area (Å²) in [4.78, 5) is 91.6. The molecule has 0 bridgehead atoms. The summed E-state index contributed by atoms with van der Waals surface area (Å²) in [6.07, 6.45) is 11.3. The monoisotopic (exact) mass is 829 g/mol. The van der Waals surface area contributed by atoms with E-state index in [0.717, 1.165) is 37.9 Å². The van der Waals surface area contributed by atoms with E-state index in [-0.39, 0.29) is 79.2 Å². The summed E-state index contributed by atoms with van der Waals surface area (Å²) in [6.45, 7) is 2.86. The maximum Gasteiger partial charge on any atom is 0.315 e. The van der Waals surface area contributed by atoms with Crippen LogP contribution in [0.4, 0.5) is 4.79 Å². The number of amides is 8. The van der Waals surface area contributed by atoms with E-state index in [0.29, 0.717) is 95.0 Å². The zero-order valence-corrected chi connectivity index (χ0v) is 34.4. The number of urea groups is 1. The van der Waals surface area contributed by atoms with Crippen molar-refractivity contribution in [2.45, 2.75) is 132 Å². The van der Waals surface area contributed by atoms with E-state index in [1.165, 1.54) is 12.4 Å². The second kappa shape index (κ2) is 25.8. The summed E-state index contributed by atoms with van der Waals surface area (Å²) < 4.78 is 0. The quantitative estimate of drug-likeness (QED) is 0.0468. The van der Waals surface area contributed by atoms with Crippen LogP contribution in [0.25, 0.3) is 0 Å². The normalized spacial score (nSPS) is 19.3. The van der Waals surface area contributed by atoms with Crippen molar-refractivity contribution in [2.75, 3.05) is 45.0 Å². The number of hydrogen-bond donors (Lipinski definition) is 8. The lowest BCUT2D eigenvalue weighted by Gasteiger charge is -2.28. The standard InChI is InChI=1S/C40H63N9O8S/c50-31(12-4-3-11-30-36-29(27-58-30)46-40(57)48-36)43-20-9-15-33(52)45-22-10-16-34(53)44-21-8-14-32(51)42-19-5-1-2-13-35(54)47-37(39(56)49-25-6-7-26-49)38(55)28-17-23-41-24-18-28/h17-18,23-24,29-30,36-38,55H,1-16,19-22,25-27H2,(H,42,51)(H,43,50)(H,44,53)(H,45,52)(H,47,54)(H2,46,48,57)/t29?,30-,36?,37+,38-/m0/s1. The molecule has 58 heavy (non-hydrogen) atoms. The van der Waals surface area contributed by atoms with Gasteiger partial charge in [-0.2, -0.15) is 11.8 Å². The zero-order chi connectivity index (χ0) is 41.5. The number of carbonyl (C=O) groups is 7. The summed E-state index contributed by atoms with van der Waals surface area (Å²) >= 11 is 1.87. The average Bonchev–Trinajstić information content (AvgIpc) is 3.98. The Hall–Kier alpha value is -4.45. The van der Waals surface area contributed by atoms with Crippen molar-refractivity contribution >= 4 is 53.2 Å². The molecule has 3 saturated heterocycles. The third-order valence-corrected chi connectivity index (χ3v) is 12.1. The van der Waals surface area contributed by atoms with Gasteiger partial charge in [0.05, 0.1) is 12.1 Å². The molecule has 2 unspecified atom stereocenters. The minimum absolute atomic E-state index is 0.0230. The van der Waals surface area contributed by atoms with Crippen molar-refractivity contribution in [1.29, 1.82) is 0 Å². The van der Waals surface area contributed by atoms with Crippen LogP contribution in [-0.2, 0) is 28.8 Å². The summed E-state index contributed by atoms with van der Waals surface area (Å²) in [7, 11) is 0. The van der Waals surface area contributed by atoms with Crippen molar-refractivity contribution in [3.63, 3.8) is 0 Å². The third-order valence-electron chi connectivity index (χ3n) is 10.6. The van der Waals surface area contributed by atoms with Gasteiger partial charge >= 0.3 is 6.03 Å². The molecule has 3 aliphatic heterocycles. The molecule has 8 amide bonds. The molecule has 4 rings (SSSR count). The largest absolute Gasteiger partial charge is 0.386 e. The predicted octanol–water partition coefficient (Wildman–Crippen LogP) is 1.31. The van der Waals surface area contributed by atoms with Gasteiger partial charge in [-0.05, 0) is 75.5 Å². The molecule has 0 radical (unpaired) electrons. The van der Waals surface area contributed by atoms with E-state index in [9.17, 15) is 38.7 Å². The highest BCUT2D eigenvalue weighted by molar-refractivity contribution is 8.00. The summed E-state index contributed by atoms with van der Waals surface area (Å²) in [5.74, 6) is -0.0859. The van der Waals surface area contributed by atoms with Gasteiger partial charge in [0, 0.05) is 94.8 Å². The minimum Gasteiger partial charge on any atom is -0.386 e. The van der Waals surface area contributed by atoms with Gasteiger partial charge in [-0.15, -0.1) is 0 Å². The molecule has 5 atom stereocenters. The molecular weight excluding hydrogens is 767 g/mol. The Morgan fingerprint density at radius 1 is 0.707 bits per heavy atom. The van der Waals surface area contributed by atoms with E-state index < -0.39 is 12.1 Å². The number of aliphatic hydroxyl groups excluding tert-OH is 1. The van der Waals surface area contributed by atoms with Gasteiger partial charge in [0.15, 0.2) is 0 Å². The number of carbonyl (C=O) groups excluding carboxylic acids is 7. The highest BCUT2D eigenvalue weighted by Gasteiger charge is 2.42.